The minimum Gasteiger partial charge on any atom is -0.337 e. The molecule has 0 fully saturated rings. The van der Waals surface area contributed by atoms with Crippen LogP contribution in [-0.2, 0) is 4.89 Å². The van der Waals surface area contributed by atoms with Crippen LogP contribution >= 0.6 is 0 Å². The summed E-state index contributed by atoms with van der Waals surface area (Å²) in [6.07, 6.45) is 3.91. The predicted octanol–water partition coefficient (Wildman–Crippen LogP) is 2.02. The summed E-state index contributed by atoms with van der Waals surface area (Å²) in [5, 5.41) is 0. The fraction of sp³-hybridized carbons (Fsp3) is 0.111. The van der Waals surface area contributed by atoms with Crippen molar-refractivity contribution in [1.82, 2.24) is 0 Å². The predicted molar refractivity (Wildman–Crippen MR) is 42.1 cm³/mol. The van der Waals surface area contributed by atoms with Gasteiger partial charge < -0.3 is 4.89 Å². The van der Waals surface area contributed by atoms with Gasteiger partial charge in [0, 0.05) is 5.56 Å². The van der Waals surface area contributed by atoms with Crippen LogP contribution < -0.4 is 4.89 Å². The van der Waals surface area contributed by atoms with Gasteiger partial charge in [-0.1, -0.05) is 30.4 Å². The molecule has 2 nitrogen and oxygen atoms in total. The molecule has 2 rings (SSSR count). The highest BCUT2D eigenvalue weighted by Crippen LogP contribution is 2.21. The lowest BCUT2D eigenvalue weighted by Gasteiger charge is -2.01. The quantitative estimate of drug-likeness (QED) is 0.524. The van der Waals surface area contributed by atoms with Gasteiger partial charge in [-0.05, 0) is 6.07 Å². The number of para-hydroxylation sites is 1. The molecule has 0 radical (unpaired) electrons. The van der Waals surface area contributed by atoms with Gasteiger partial charge in [0.05, 0.1) is 0 Å². The number of rotatable bonds is 0. The third-order valence-corrected chi connectivity index (χ3v) is 1.53. The highest BCUT2D eigenvalue weighted by atomic mass is 17.2. The number of hydrogen-bond acceptors (Lipinski definition) is 2. The Morgan fingerprint density at radius 3 is 3.09 bits per heavy atom. The summed E-state index contributed by atoms with van der Waals surface area (Å²) >= 11 is 0. The zero-order valence-corrected chi connectivity index (χ0v) is 5.99. The Bertz CT molecular complexity index is 279. The number of fused-ring (bicyclic) bond motifs is 1. The first-order chi connectivity index (χ1) is 5.47. The molecule has 11 heavy (non-hydrogen) atoms. The van der Waals surface area contributed by atoms with Gasteiger partial charge in [0.1, 0.15) is 6.61 Å². The van der Waals surface area contributed by atoms with E-state index in [-0.39, 0.29) is 0 Å². The third kappa shape index (κ3) is 1.25. The van der Waals surface area contributed by atoms with Crippen molar-refractivity contribution in [3.63, 3.8) is 0 Å². The maximum atomic E-state index is 4.99. The maximum Gasteiger partial charge on any atom is 0.172 e. The Kier molecular flexibility index (Phi) is 1.61. The van der Waals surface area contributed by atoms with E-state index in [4.69, 9.17) is 9.78 Å². The SMILES string of the molecule is C1=Cc2ccccc2OOC1. The first kappa shape index (κ1) is 6.43. The van der Waals surface area contributed by atoms with Crippen molar-refractivity contribution in [2.45, 2.75) is 0 Å². The van der Waals surface area contributed by atoms with E-state index in [1.165, 1.54) is 0 Å². The lowest BCUT2D eigenvalue weighted by atomic mass is 10.2. The van der Waals surface area contributed by atoms with Crippen molar-refractivity contribution in [3.05, 3.63) is 35.9 Å². The molecule has 1 aliphatic heterocycles. The maximum absolute atomic E-state index is 4.99. The first-order valence-electron chi connectivity index (χ1n) is 3.52. The van der Waals surface area contributed by atoms with Gasteiger partial charge in [-0.15, -0.1) is 0 Å². The molecule has 1 heterocycles. The van der Waals surface area contributed by atoms with Gasteiger partial charge in [0.2, 0.25) is 0 Å². The molecule has 1 aromatic carbocycles. The Morgan fingerprint density at radius 1 is 1.18 bits per heavy atom. The highest BCUT2D eigenvalue weighted by Gasteiger charge is 2.02. The topological polar surface area (TPSA) is 18.5 Å². The third-order valence-electron chi connectivity index (χ3n) is 1.53. The molecule has 0 bridgehead atoms. The summed E-state index contributed by atoms with van der Waals surface area (Å²) in [6, 6.07) is 7.75. The van der Waals surface area contributed by atoms with Gasteiger partial charge in [0.15, 0.2) is 5.75 Å². The van der Waals surface area contributed by atoms with E-state index < -0.39 is 0 Å². The number of benzene rings is 1. The van der Waals surface area contributed by atoms with Gasteiger partial charge in [-0.2, -0.15) is 4.89 Å². The van der Waals surface area contributed by atoms with Crippen molar-refractivity contribution in [2.75, 3.05) is 6.61 Å². The van der Waals surface area contributed by atoms with E-state index in [9.17, 15) is 0 Å². The van der Waals surface area contributed by atoms with Crippen LogP contribution in [0.1, 0.15) is 5.56 Å². The van der Waals surface area contributed by atoms with Crippen LogP contribution in [0.3, 0.4) is 0 Å². The lowest BCUT2D eigenvalue weighted by Crippen LogP contribution is -1.94. The van der Waals surface area contributed by atoms with Crippen molar-refractivity contribution in [3.8, 4) is 5.75 Å². The van der Waals surface area contributed by atoms with Gasteiger partial charge in [-0.25, -0.2) is 0 Å². The second-order valence-corrected chi connectivity index (χ2v) is 2.31. The van der Waals surface area contributed by atoms with Gasteiger partial charge in [-0.3, -0.25) is 0 Å². The summed E-state index contributed by atoms with van der Waals surface area (Å²) in [4.78, 5) is 9.82. The first-order valence-corrected chi connectivity index (χ1v) is 3.52. The van der Waals surface area contributed by atoms with E-state index in [2.05, 4.69) is 0 Å². The molecule has 0 spiro atoms. The Morgan fingerprint density at radius 2 is 2.09 bits per heavy atom. The van der Waals surface area contributed by atoms with Crippen LogP contribution in [0.4, 0.5) is 0 Å². The lowest BCUT2D eigenvalue weighted by molar-refractivity contribution is -0.194. The molecule has 0 aliphatic carbocycles. The molecule has 1 aliphatic rings. The highest BCUT2D eigenvalue weighted by molar-refractivity contribution is 5.57. The van der Waals surface area contributed by atoms with E-state index in [0.717, 1.165) is 11.3 Å². The molecule has 0 aromatic heterocycles. The largest absolute Gasteiger partial charge is 0.337 e. The standard InChI is InChI=1S/C9H8O2/c1-2-6-9-8(4-1)5-3-7-10-11-9/h1-6H,7H2. The second kappa shape index (κ2) is 2.76. The summed E-state index contributed by atoms with van der Waals surface area (Å²) in [5.41, 5.74) is 1.06. The molecular formula is C9H8O2. The van der Waals surface area contributed by atoms with Crippen LogP contribution in [0.2, 0.25) is 0 Å². The van der Waals surface area contributed by atoms with E-state index in [1.807, 2.05) is 36.4 Å². The fourth-order valence-corrected chi connectivity index (χ4v) is 1.01. The van der Waals surface area contributed by atoms with Crippen LogP contribution in [0.15, 0.2) is 30.3 Å². The van der Waals surface area contributed by atoms with Crippen LogP contribution in [-0.4, -0.2) is 6.61 Å². The normalized spacial score (nSPS) is 14.9. The molecule has 2 heteroatoms. The summed E-state index contributed by atoms with van der Waals surface area (Å²) < 4.78 is 0. The van der Waals surface area contributed by atoms with Crippen molar-refractivity contribution in [2.24, 2.45) is 0 Å². The van der Waals surface area contributed by atoms with E-state index >= 15 is 0 Å². The summed E-state index contributed by atoms with van der Waals surface area (Å²) in [5.74, 6) is 0.779. The fourth-order valence-electron chi connectivity index (χ4n) is 1.01. The van der Waals surface area contributed by atoms with Crippen LogP contribution in [0.25, 0.3) is 6.08 Å². The van der Waals surface area contributed by atoms with Crippen molar-refractivity contribution in [1.29, 1.82) is 0 Å². The molecule has 0 saturated heterocycles. The zero-order chi connectivity index (χ0) is 7.52. The smallest absolute Gasteiger partial charge is 0.172 e. The van der Waals surface area contributed by atoms with Gasteiger partial charge in [0.25, 0.3) is 0 Å². The molecule has 0 atom stereocenters. The van der Waals surface area contributed by atoms with E-state index in [0.29, 0.717) is 6.61 Å². The monoisotopic (exact) mass is 148 g/mol. The van der Waals surface area contributed by atoms with Crippen molar-refractivity contribution >= 4 is 6.08 Å². The Labute approximate surface area is 65.0 Å². The average Bonchev–Trinajstić information content (AvgIpc) is 2.28. The molecule has 0 N–H and O–H groups in total. The van der Waals surface area contributed by atoms with E-state index in [1.54, 1.807) is 0 Å². The minimum atomic E-state index is 0.509. The molecule has 0 amide bonds. The molecule has 0 saturated carbocycles. The molecule has 1 aromatic rings. The van der Waals surface area contributed by atoms with Crippen LogP contribution in [0.5, 0.6) is 5.75 Å². The zero-order valence-electron chi connectivity index (χ0n) is 5.99. The molecule has 0 unspecified atom stereocenters. The van der Waals surface area contributed by atoms with Gasteiger partial charge >= 0.3 is 0 Å². The van der Waals surface area contributed by atoms with Crippen molar-refractivity contribution < 1.29 is 9.78 Å². The Hall–Kier alpha value is -1.28. The Balaban J connectivity index is 2.45. The summed E-state index contributed by atoms with van der Waals surface area (Å²) in [7, 11) is 0. The minimum absolute atomic E-state index is 0.509. The average molecular weight is 148 g/mol. The number of hydrogen-bond donors (Lipinski definition) is 0. The molecular weight excluding hydrogens is 140 g/mol. The molecule has 56 valence electrons. The summed E-state index contributed by atoms with van der Waals surface area (Å²) in [6.45, 7) is 0.509. The van der Waals surface area contributed by atoms with Crippen LogP contribution in [0, 0.1) is 0 Å². The second-order valence-electron chi connectivity index (χ2n) is 2.31.